The number of hydrogen-bond acceptors (Lipinski definition) is 2. The van der Waals surface area contributed by atoms with Crippen LogP contribution in [-0.2, 0) is 11.8 Å². The second kappa shape index (κ2) is 6.60. The maximum atomic E-state index is 13.2. The molecule has 0 bridgehead atoms. The lowest BCUT2D eigenvalue weighted by Crippen LogP contribution is -2.34. The first-order valence-electron chi connectivity index (χ1n) is 8.46. The average molecular weight is 346 g/mol. The van der Waals surface area contributed by atoms with Gasteiger partial charge < -0.3 is 4.90 Å². The molecule has 1 aromatic heterocycles. The third-order valence-corrected chi connectivity index (χ3v) is 5.37. The average Bonchev–Trinajstić information content (AvgIpc) is 3.12. The van der Waals surface area contributed by atoms with Crippen molar-refractivity contribution in [1.29, 1.82) is 0 Å². The van der Waals surface area contributed by atoms with Crippen molar-refractivity contribution in [2.24, 2.45) is 7.05 Å². The summed E-state index contributed by atoms with van der Waals surface area (Å²) in [6, 6.07) is 7.99. The van der Waals surface area contributed by atoms with Gasteiger partial charge in [-0.3, -0.25) is 9.48 Å². The predicted molar refractivity (Wildman–Crippen MR) is 96.2 cm³/mol. The number of halogens is 1. The number of likely N-dealkylation sites (tertiary alicyclic amines) is 1. The lowest BCUT2D eigenvalue weighted by atomic mass is 9.96. The molecule has 0 saturated carbocycles. The third kappa shape index (κ3) is 2.95. The van der Waals surface area contributed by atoms with E-state index >= 15 is 0 Å². The zero-order chi connectivity index (χ0) is 17.4. The van der Waals surface area contributed by atoms with Crippen molar-refractivity contribution < 1.29 is 4.79 Å². The number of carbonyl (C=O) groups is 1. The molecule has 2 aromatic rings. The van der Waals surface area contributed by atoms with Gasteiger partial charge in [0, 0.05) is 29.9 Å². The van der Waals surface area contributed by atoms with Gasteiger partial charge in [-0.05, 0) is 51.3 Å². The molecule has 4 nitrogen and oxygen atoms in total. The topological polar surface area (TPSA) is 38.1 Å². The maximum Gasteiger partial charge on any atom is 0.230 e. The van der Waals surface area contributed by atoms with Crippen LogP contribution in [0.2, 0.25) is 5.02 Å². The standard InChI is InChI=1S/C19H24ClN3O/c1-12(18-13(2)21-22(4)14(18)3)19(24)23-10-6-9-17(23)15-7-5-8-16(20)11-15/h5,7-8,11-12,17H,6,9-10H2,1-4H3. The van der Waals surface area contributed by atoms with Crippen molar-refractivity contribution in [2.45, 2.75) is 45.6 Å². The summed E-state index contributed by atoms with van der Waals surface area (Å²) in [4.78, 5) is 15.2. The van der Waals surface area contributed by atoms with Gasteiger partial charge >= 0.3 is 0 Å². The summed E-state index contributed by atoms with van der Waals surface area (Å²) in [7, 11) is 1.92. The van der Waals surface area contributed by atoms with Gasteiger partial charge in [-0.2, -0.15) is 5.10 Å². The van der Waals surface area contributed by atoms with Gasteiger partial charge in [0.15, 0.2) is 0 Å². The fraction of sp³-hybridized carbons (Fsp3) is 0.474. The van der Waals surface area contributed by atoms with E-state index in [0.29, 0.717) is 0 Å². The highest BCUT2D eigenvalue weighted by Gasteiger charge is 2.34. The second-order valence-corrected chi connectivity index (χ2v) is 7.11. The predicted octanol–water partition coefficient (Wildman–Crippen LogP) is 4.16. The largest absolute Gasteiger partial charge is 0.335 e. The van der Waals surface area contributed by atoms with E-state index in [-0.39, 0.29) is 17.9 Å². The molecule has 1 saturated heterocycles. The van der Waals surface area contributed by atoms with Crippen LogP contribution >= 0.6 is 11.6 Å². The van der Waals surface area contributed by atoms with E-state index in [9.17, 15) is 4.79 Å². The first-order valence-corrected chi connectivity index (χ1v) is 8.84. The Kier molecular flexibility index (Phi) is 4.68. The Bertz CT molecular complexity index is 768. The highest BCUT2D eigenvalue weighted by atomic mass is 35.5. The number of hydrogen-bond donors (Lipinski definition) is 0. The molecule has 2 heterocycles. The monoisotopic (exact) mass is 345 g/mol. The zero-order valence-electron chi connectivity index (χ0n) is 14.7. The minimum absolute atomic E-state index is 0.121. The molecular formula is C19H24ClN3O. The summed E-state index contributed by atoms with van der Waals surface area (Å²) in [5.41, 5.74) is 4.18. The lowest BCUT2D eigenvalue weighted by molar-refractivity contribution is -0.133. The Balaban J connectivity index is 1.88. The minimum Gasteiger partial charge on any atom is -0.335 e. The van der Waals surface area contributed by atoms with Crippen molar-refractivity contribution in [2.75, 3.05) is 6.54 Å². The number of nitrogens with zero attached hydrogens (tertiary/aromatic N) is 3. The summed E-state index contributed by atoms with van der Waals surface area (Å²) in [6.07, 6.45) is 2.02. The summed E-state index contributed by atoms with van der Waals surface area (Å²) in [6.45, 7) is 6.80. The molecule has 2 unspecified atom stereocenters. The van der Waals surface area contributed by atoms with Gasteiger partial charge in [-0.25, -0.2) is 0 Å². The minimum atomic E-state index is -0.182. The van der Waals surface area contributed by atoms with Crippen LogP contribution in [0.5, 0.6) is 0 Å². The van der Waals surface area contributed by atoms with Gasteiger partial charge in [0.1, 0.15) is 0 Å². The molecule has 0 N–H and O–H groups in total. The number of rotatable bonds is 3. The molecule has 5 heteroatoms. The van der Waals surface area contributed by atoms with E-state index in [1.54, 1.807) is 0 Å². The van der Waals surface area contributed by atoms with Gasteiger partial charge in [-0.15, -0.1) is 0 Å². The van der Waals surface area contributed by atoms with Crippen LogP contribution in [-0.4, -0.2) is 27.1 Å². The van der Waals surface area contributed by atoms with Crippen LogP contribution in [0.4, 0.5) is 0 Å². The van der Waals surface area contributed by atoms with Crippen LogP contribution in [0.25, 0.3) is 0 Å². The summed E-state index contributed by atoms with van der Waals surface area (Å²) in [5.74, 6) is -0.00448. The number of carbonyl (C=O) groups excluding carboxylic acids is 1. The zero-order valence-corrected chi connectivity index (χ0v) is 15.5. The maximum absolute atomic E-state index is 13.2. The molecule has 1 amide bonds. The molecule has 3 rings (SSSR count). The van der Waals surface area contributed by atoms with E-state index in [0.717, 1.165) is 46.9 Å². The Morgan fingerprint density at radius 3 is 2.75 bits per heavy atom. The second-order valence-electron chi connectivity index (χ2n) is 6.67. The molecule has 0 aliphatic carbocycles. The van der Waals surface area contributed by atoms with Crippen molar-refractivity contribution in [3.63, 3.8) is 0 Å². The van der Waals surface area contributed by atoms with Crippen LogP contribution in [0.15, 0.2) is 24.3 Å². The number of benzene rings is 1. The van der Waals surface area contributed by atoms with E-state index in [2.05, 4.69) is 11.2 Å². The highest BCUT2D eigenvalue weighted by molar-refractivity contribution is 6.30. The van der Waals surface area contributed by atoms with Crippen LogP contribution in [0.1, 0.15) is 54.2 Å². The Morgan fingerprint density at radius 2 is 2.12 bits per heavy atom. The SMILES string of the molecule is Cc1nn(C)c(C)c1C(C)C(=O)N1CCCC1c1cccc(Cl)c1. The van der Waals surface area contributed by atoms with E-state index < -0.39 is 0 Å². The summed E-state index contributed by atoms with van der Waals surface area (Å²) < 4.78 is 1.85. The first kappa shape index (κ1) is 17.0. The Labute approximate surface area is 148 Å². The van der Waals surface area contributed by atoms with Crippen molar-refractivity contribution in [1.82, 2.24) is 14.7 Å². The Hall–Kier alpha value is -1.81. The summed E-state index contributed by atoms with van der Waals surface area (Å²) in [5, 5.41) is 5.18. The smallest absolute Gasteiger partial charge is 0.230 e. The lowest BCUT2D eigenvalue weighted by Gasteiger charge is -2.28. The molecule has 0 spiro atoms. The molecule has 2 atom stereocenters. The molecule has 1 aliphatic heterocycles. The van der Waals surface area contributed by atoms with Crippen LogP contribution in [0.3, 0.4) is 0 Å². The molecule has 0 radical (unpaired) electrons. The fourth-order valence-corrected chi connectivity index (χ4v) is 4.08. The van der Waals surface area contributed by atoms with Crippen molar-refractivity contribution >= 4 is 17.5 Å². The van der Waals surface area contributed by atoms with Crippen LogP contribution < -0.4 is 0 Å². The fourth-order valence-electron chi connectivity index (χ4n) is 3.88. The molecule has 1 fully saturated rings. The van der Waals surface area contributed by atoms with Gasteiger partial charge in [0.25, 0.3) is 0 Å². The summed E-state index contributed by atoms with van der Waals surface area (Å²) >= 11 is 6.14. The molecule has 128 valence electrons. The quantitative estimate of drug-likeness (QED) is 0.837. The number of aryl methyl sites for hydroxylation is 2. The van der Waals surface area contributed by atoms with Crippen molar-refractivity contribution in [3.8, 4) is 0 Å². The van der Waals surface area contributed by atoms with E-state index in [1.165, 1.54) is 0 Å². The van der Waals surface area contributed by atoms with Crippen molar-refractivity contribution in [3.05, 3.63) is 51.8 Å². The molecule has 24 heavy (non-hydrogen) atoms. The molecular weight excluding hydrogens is 322 g/mol. The van der Waals surface area contributed by atoms with E-state index in [4.69, 9.17) is 11.6 Å². The Morgan fingerprint density at radius 1 is 1.38 bits per heavy atom. The van der Waals surface area contributed by atoms with Gasteiger partial charge in [-0.1, -0.05) is 23.7 Å². The molecule has 1 aromatic carbocycles. The number of amides is 1. The first-order chi connectivity index (χ1) is 11.4. The van der Waals surface area contributed by atoms with Gasteiger partial charge in [0.05, 0.1) is 17.7 Å². The molecule has 1 aliphatic rings. The normalized spacial score (nSPS) is 18.9. The number of aromatic nitrogens is 2. The third-order valence-electron chi connectivity index (χ3n) is 5.14. The highest BCUT2D eigenvalue weighted by Crippen LogP contribution is 2.36. The van der Waals surface area contributed by atoms with Crippen LogP contribution in [0, 0.1) is 13.8 Å². The van der Waals surface area contributed by atoms with E-state index in [1.807, 2.05) is 55.6 Å². The van der Waals surface area contributed by atoms with Gasteiger partial charge in [0.2, 0.25) is 5.91 Å².